The number of aryl methyl sites for hydroxylation is 1. The summed E-state index contributed by atoms with van der Waals surface area (Å²) in [6.45, 7) is 3.65. The van der Waals surface area contributed by atoms with Gasteiger partial charge in [0.25, 0.3) is 0 Å². The summed E-state index contributed by atoms with van der Waals surface area (Å²) in [6.07, 6.45) is 2.24. The third-order valence-electron chi connectivity index (χ3n) is 4.17. The zero-order valence-electron chi connectivity index (χ0n) is 14.7. The molecule has 2 heterocycles. The van der Waals surface area contributed by atoms with Gasteiger partial charge in [0.1, 0.15) is 11.6 Å². The minimum absolute atomic E-state index is 0.0128. The summed E-state index contributed by atoms with van der Waals surface area (Å²) in [7, 11) is -2.57. The topological polar surface area (TPSA) is 84.4 Å². The van der Waals surface area contributed by atoms with Crippen LogP contribution < -0.4 is 14.4 Å². The first-order chi connectivity index (χ1) is 12.4. The lowest BCUT2D eigenvalue weighted by molar-refractivity contribution is 0.385. The van der Waals surface area contributed by atoms with Crippen LogP contribution in [0.25, 0.3) is 0 Å². The molecule has 3 rings (SSSR count). The number of hydrogen-bond acceptors (Lipinski definition) is 6. The Bertz CT molecular complexity index is 899. The van der Waals surface area contributed by atoms with Gasteiger partial charge in [0.05, 0.1) is 18.6 Å². The largest absolute Gasteiger partial charge is 0.494 e. The van der Waals surface area contributed by atoms with Crippen molar-refractivity contribution in [3.63, 3.8) is 0 Å². The van der Waals surface area contributed by atoms with Crippen molar-refractivity contribution in [2.45, 2.75) is 31.2 Å². The van der Waals surface area contributed by atoms with Gasteiger partial charge in [-0.15, -0.1) is 0 Å². The number of halogens is 1. The molecule has 0 amide bonds. The van der Waals surface area contributed by atoms with E-state index in [4.69, 9.17) is 4.74 Å². The number of nitrogens with zero attached hydrogens (tertiary/aromatic N) is 3. The molecule has 0 unspecified atom stereocenters. The number of aromatic nitrogens is 2. The fourth-order valence-corrected chi connectivity index (χ4v) is 3.85. The van der Waals surface area contributed by atoms with E-state index in [1.54, 1.807) is 0 Å². The van der Waals surface area contributed by atoms with Crippen LogP contribution in [0.4, 0.5) is 10.2 Å². The van der Waals surface area contributed by atoms with Gasteiger partial charge in [-0.2, -0.15) is 0 Å². The molecule has 2 aromatic rings. The molecule has 9 heteroatoms. The highest BCUT2D eigenvalue weighted by Gasteiger charge is 2.19. The van der Waals surface area contributed by atoms with Gasteiger partial charge in [0, 0.05) is 24.8 Å². The van der Waals surface area contributed by atoms with Crippen LogP contribution in [0.3, 0.4) is 0 Å². The van der Waals surface area contributed by atoms with Crippen molar-refractivity contribution < 1.29 is 17.5 Å². The van der Waals surface area contributed by atoms with Gasteiger partial charge in [0.2, 0.25) is 10.0 Å². The lowest BCUT2D eigenvalue weighted by Crippen LogP contribution is -2.26. The number of hydrogen-bond donors (Lipinski definition) is 1. The molecule has 0 bridgehead atoms. The van der Waals surface area contributed by atoms with E-state index in [2.05, 4.69) is 19.6 Å². The molecule has 1 aliphatic heterocycles. The van der Waals surface area contributed by atoms with Crippen LogP contribution in [0.1, 0.15) is 24.4 Å². The van der Waals surface area contributed by atoms with Crippen molar-refractivity contribution in [3.05, 3.63) is 41.6 Å². The maximum absolute atomic E-state index is 13.8. The molecule has 0 aliphatic carbocycles. The summed E-state index contributed by atoms with van der Waals surface area (Å²) in [5, 5.41) is 0. The Balaban J connectivity index is 1.76. The number of anilines is 1. The monoisotopic (exact) mass is 380 g/mol. The lowest BCUT2D eigenvalue weighted by atomic mass is 10.3. The van der Waals surface area contributed by atoms with Gasteiger partial charge in [-0.05, 0) is 38.0 Å². The first-order valence-electron chi connectivity index (χ1n) is 8.32. The average molecular weight is 380 g/mol. The van der Waals surface area contributed by atoms with Crippen molar-refractivity contribution in [2.24, 2.45) is 0 Å². The zero-order valence-corrected chi connectivity index (χ0v) is 15.5. The van der Waals surface area contributed by atoms with E-state index >= 15 is 0 Å². The van der Waals surface area contributed by atoms with Crippen molar-refractivity contribution in [1.29, 1.82) is 0 Å². The first kappa shape index (κ1) is 18.5. The maximum atomic E-state index is 13.8. The number of sulfonamides is 1. The minimum Gasteiger partial charge on any atom is -0.494 e. The van der Waals surface area contributed by atoms with Gasteiger partial charge in [-0.1, -0.05) is 0 Å². The highest BCUT2D eigenvalue weighted by atomic mass is 32.2. The molecule has 140 valence electrons. The molecule has 1 N–H and O–H groups in total. The van der Waals surface area contributed by atoms with Gasteiger partial charge in [-0.3, -0.25) is 0 Å². The van der Waals surface area contributed by atoms with Crippen LogP contribution in [0.15, 0.2) is 29.2 Å². The highest BCUT2D eigenvalue weighted by molar-refractivity contribution is 7.89. The molecule has 0 spiro atoms. The molecular formula is C17H21FN4O3S. The number of ether oxygens (including phenoxy) is 1. The van der Waals surface area contributed by atoms with Gasteiger partial charge in [0.15, 0.2) is 11.6 Å². The third-order valence-corrected chi connectivity index (χ3v) is 5.57. The van der Waals surface area contributed by atoms with Crippen LogP contribution in [-0.4, -0.2) is 38.6 Å². The highest BCUT2D eigenvalue weighted by Crippen LogP contribution is 2.21. The van der Waals surface area contributed by atoms with E-state index in [0.29, 0.717) is 5.82 Å². The molecule has 1 aliphatic rings. The van der Waals surface area contributed by atoms with E-state index in [-0.39, 0.29) is 17.2 Å². The van der Waals surface area contributed by atoms with Crippen LogP contribution in [-0.2, 0) is 16.6 Å². The summed E-state index contributed by atoms with van der Waals surface area (Å²) in [6, 6.07) is 5.38. The van der Waals surface area contributed by atoms with Crippen LogP contribution in [0, 0.1) is 12.7 Å². The summed E-state index contributed by atoms with van der Waals surface area (Å²) >= 11 is 0. The Kier molecular flexibility index (Phi) is 5.38. The van der Waals surface area contributed by atoms with Gasteiger partial charge < -0.3 is 9.64 Å². The number of methoxy groups -OCH3 is 1. The molecule has 0 atom stereocenters. The SMILES string of the molecule is COc1ccc(S(=O)(=O)NCc2nc(C)cc(N3CCCC3)n2)cc1F. The Morgan fingerprint density at radius 1 is 1.23 bits per heavy atom. The molecule has 7 nitrogen and oxygen atoms in total. The zero-order chi connectivity index (χ0) is 18.7. The van der Waals surface area contributed by atoms with Crippen molar-refractivity contribution in [1.82, 2.24) is 14.7 Å². The maximum Gasteiger partial charge on any atom is 0.241 e. The summed E-state index contributed by atoms with van der Waals surface area (Å²) in [4.78, 5) is 10.7. The fourth-order valence-electron chi connectivity index (χ4n) is 2.86. The normalized spacial score (nSPS) is 14.7. The summed E-state index contributed by atoms with van der Waals surface area (Å²) in [5.74, 6) is 0.434. The third kappa shape index (κ3) is 4.10. The average Bonchev–Trinajstić information content (AvgIpc) is 3.14. The lowest BCUT2D eigenvalue weighted by Gasteiger charge is -2.17. The van der Waals surface area contributed by atoms with Gasteiger partial charge >= 0.3 is 0 Å². The predicted molar refractivity (Wildman–Crippen MR) is 95.2 cm³/mol. The van der Waals surface area contributed by atoms with E-state index in [1.807, 2.05) is 13.0 Å². The summed E-state index contributed by atoms with van der Waals surface area (Å²) in [5.41, 5.74) is 0.770. The quantitative estimate of drug-likeness (QED) is 0.825. The Morgan fingerprint density at radius 2 is 1.96 bits per heavy atom. The molecular weight excluding hydrogens is 359 g/mol. The van der Waals surface area contributed by atoms with Crippen LogP contribution in [0.2, 0.25) is 0 Å². The number of nitrogens with one attached hydrogen (secondary N) is 1. The molecule has 0 radical (unpaired) electrons. The Hall–Kier alpha value is -2.26. The Morgan fingerprint density at radius 3 is 2.62 bits per heavy atom. The van der Waals surface area contributed by atoms with E-state index in [0.717, 1.165) is 43.5 Å². The minimum atomic E-state index is -3.89. The molecule has 1 fully saturated rings. The van der Waals surface area contributed by atoms with Crippen molar-refractivity contribution in [2.75, 3.05) is 25.1 Å². The summed E-state index contributed by atoms with van der Waals surface area (Å²) < 4.78 is 45.8. The predicted octanol–water partition coefficient (Wildman–Crippen LogP) is 2.01. The molecule has 1 saturated heterocycles. The van der Waals surface area contributed by atoms with E-state index in [1.165, 1.54) is 19.2 Å². The van der Waals surface area contributed by atoms with E-state index in [9.17, 15) is 12.8 Å². The van der Waals surface area contributed by atoms with E-state index < -0.39 is 15.8 Å². The second-order valence-electron chi connectivity index (χ2n) is 6.10. The smallest absolute Gasteiger partial charge is 0.241 e. The molecule has 0 saturated carbocycles. The van der Waals surface area contributed by atoms with Crippen LogP contribution in [0.5, 0.6) is 5.75 Å². The van der Waals surface area contributed by atoms with Gasteiger partial charge in [-0.25, -0.2) is 27.5 Å². The fraction of sp³-hybridized carbons (Fsp3) is 0.412. The Labute approximate surface area is 152 Å². The standard InChI is InChI=1S/C17H21FN4O3S/c1-12-9-17(22-7-3-4-8-22)21-16(20-12)11-19-26(23,24)13-5-6-15(25-2)14(18)10-13/h5-6,9-10,19H,3-4,7-8,11H2,1-2H3. The molecule has 1 aromatic heterocycles. The molecule has 1 aromatic carbocycles. The number of benzene rings is 1. The van der Waals surface area contributed by atoms with Crippen molar-refractivity contribution >= 4 is 15.8 Å². The number of rotatable bonds is 6. The van der Waals surface area contributed by atoms with Crippen molar-refractivity contribution in [3.8, 4) is 5.75 Å². The second-order valence-corrected chi connectivity index (χ2v) is 7.87. The molecule has 26 heavy (non-hydrogen) atoms. The second kappa shape index (κ2) is 7.55. The van der Waals surface area contributed by atoms with Crippen LogP contribution >= 0.6 is 0 Å². The first-order valence-corrected chi connectivity index (χ1v) is 9.80.